The van der Waals surface area contributed by atoms with Crippen LogP contribution in [-0.2, 0) is 14.6 Å². The highest BCUT2D eigenvalue weighted by atomic mass is 32.2. The molecule has 2 aromatic carbocycles. The van der Waals surface area contributed by atoms with Crippen LogP contribution in [-0.4, -0.2) is 43.5 Å². The highest BCUT2D eigenvalue weighted by Gasteiger charge is 2.29. The van der Waals surface area contributed by atoms with Gasteiger partial charge in [0.05, 0.1) is 17.1 Å². The summed E-state index contributed by atoms with van der Waals surface area (Å²) in [5.74, 6) is -1.49. The fraction of sp³-hybridized carbons (Fsp3) is 0.263. The summed E-state index contributed by atoms with van der Waals surface area (Å²) in [6, 6.07) is 11.9. The number of benzene rings is 2. The number of esters is 1. The van der Waals surface area contributed by atoms with E-state index in [4.69, 9.17) is 4.74 Å². The maximum Gasteiger partial charge on any atom is 0.339 e. The smallest absolute Gasteiger partial charge is 0.339 e. The number of thioether (sulfide) groups is 1. The van der Waals surface area contributed by atoms with Crippen molar-refractivity contribution in [3.8, 4) is 0 Å². The van der Waals surface area contributed by atoms with Crippen LogP contribution in [0.25, 0.3) is 0 Å². The molecule has 1 atom stereocenters. The number of ether oxygens (including phenoxy) is 1. The predicted octanol–water partition coefficient (Wildman–Crippen LogP) is 3.14. The quantitative estimate of drug-likeness (QED) is 0.540. The molecule has 0 aromatic heterocycles. The first-order valence-electron chi connectivity index (χ1n) is 8.26. The largest absolute Gasteiger partial charge is 0.454 e. The molecule has 0 saturated carbocycles. The molecule has 2 aromatic rings. The Balaban J connectivity index is 1.66. The van der Waals surface area contributed by atoms with Crippen molar-refractivity contribution in [3.63, 3.8) is 0 Å². The summed E-state index contributed by atoms with van der Waals surface area (Å²) in [5.41, 5.74) is 0.403. The van der Waals surface area contributed by atoms with E-state index >= 15 is 0 Å². The summed E-state index contributed by atoms with van der Waals surface area (Å²) in [4.78, 5) is 25.1. The third-order valence-corrected chi connectivity index (χ3v) is 7.40. The van der Waals surface area contributed by atoms with Gasteiger partial charge in [-0.05, 0) is 30.7 Å². The Morgan fingerprint density at radius 1 is 1.15 bits per heavy atom. The van der Waals surface area contributed by atoms with Crippen molar-refractivity contribution in [2.24, 2.45) is 0 Å². The number of sulfone groups is 1. The summed E-state index contributed by atoms with van der Waals surface area (Å²) in [6.07, 6.45) is 0.536. The molecular weight excluding hydrogens is 391 g/mol. The summed E-state index contributed by atoms with van der Waals surface area (Å²) in [5, 5.41) is -0.113. The SMILES string of the molecule is O=C(COC(=O)c1ccccc1S[C@H]1CCS(=O)(=O)C1)c1cccc(F)c1. The number of carbonyl (C=O) groups excluding carboxylic acids is 2. The Morgan fingerprint density at radius 3 is 2.63 bits per heavy atom. The fourth-order valence-corrected chi connectivity index (χ4v) is 6.34. The van der Waals surface area contributed by atoms with Crippen molar-refractivity contribution < 1.29 is 27.1 Å². The van der Waals surface area contributed by atoms with Crippen LogP contribution in [0, 0.1) is 5.82 Å². The molecule has 0 N–H and O–H groups in total. The van der Waals surface area contributed by atoms with Crippen LogP contribution in [0.3, 0.4) is 0 Å². The molecule has 1 aliphatic rings. The standard InChI is InChI=1S/C19H17FO5S2/c20-14-5-3-4-13(10-14)17(21)11-25-19(22)16-6-1-2-7-18(16)26-15-8-9-27(23,24)12-15/h1-7,10,15H,8-9,11-12H2/t15-/m0/s1. The van der Waals surface area contributed by atoms with E-state index in [1.54, 1.807) is 24.3 Å². The van der Waals surface area contributed by atoms with E-state index in [1.165, 1.54) is 30.0 Å². The van der Waals surface area contributed by atoms with Crippen molar-refractivity contribution in [1.29, 1.82) is 0 Å². The van der Waals surface area contributed by atoms with Gasteiger partial charge in [-0.3, -0.25) is 4.79 Å². The number of rotatable bonds is 6. The van der Waals surface area contributed by atoms with E-state index in [0.29, 0.717) is 11.3 Å². The molecule has 1 aliphatic heterocycles. The van der Waals surface area contributed by atoms with Gasteiger partial charge in [-0.1, -0.05) is 24.3 Å². The van der Waals surface area contributed by atoms with Crippen LogP contribution in [0.15, 0.2) is 53.4 Å². The molecule has 3 rings (SSSR count). The minimum Gasteiger partial charge on any atom is -0.454 e. The molecule has 27 heavy (non-hydrogen) atoms. The van der Waals surface area contributed by atoms with Gasteiger partial charge in [0, 0.05) is 15.7 Å². The van der Waals surface area contributed by atoms with Crippen LogP contribution in [0.2, 0.25) is 0 Å². The lowest BCUT2D eigenvalue weighted by atomic mass is 10.1. The molecular formula is C19H17FO5S2. The van der Waals surface area contributed by atoms with Gasteiger partial charge in [0.25, 0.3) is 0 Å². The van der Waals surface area contributed by atoms with E-state index in [2.05, 4.69) is 0 Å². The van der Waals surface area contributed by atoms with Crippen LogP contribution in [0.5, 0.6) is 0 Å². The lowest BCUT2D eigenvalue weighted by Crippen LogP contribution is -2.15. The second-order valence-corrected chi connectivity index (χ2v) is 9.72. The minimum absolute atomic E-state index is 0.0824. The van der Waals surface area contributed by atoms with Gasteiger partial charge in [-0.25, -0.2) is 17.6 Å². The Kier molecular flexibility index (Phi) is 5.96. The van der Waals surface area contributed by atoms with E-state index in [9.17, 15) is 22.4 Å². The molecule has 0 unspecified atom stereocenters. The van der Waals surface area contributed by atoms with Gasteiger partial charge in [0.2, 0.25) is 0 Å². The van der Waals surface area contributed by atoms with Gasteiger partial charge in [-0.2, -0.15) is 0 Å². The topological polar surface area (TPSA) is 77.5 Å². The van der Waals surface area contributed by atoms with Crippen molar-refractivity contribution in [3.05, 3.63) is 65.5 Å². The first kappa shape index (κ1) is 19.6. The Morgan fingerprint density at radius 2 is 1.93 bits per heavy atom. The number of halogens is 1. The first-order valence-corrected chi connectivity index (χ1v) is 11.0. The molecule has 0 spiro atoms. The van der Waals surface area contributed by atoms with E-state index in [-0.39, 0.29) is 27.9 Å². The molecule has 1 heterocycles. The first-order chi connectivity index (χ1) is 12.8. The zero-order valence-corrected chi connectivity index (χ0v) is 15.9. The minimum atomic E-state index is -3.02. The average Bonchev–Trinajstić information content (AvgIpc) is 2.98. The second kappa shape index (κ2) is 8.22. The maximum absolute atomic E-state index is 13.2. The maximum atomic E-state index is 13.2. The van der Waals surface area contributed by atoms with Gasteiger partial charge in [-0.15, -0.1) is 11.8 Å². The Labute approximate surface area is 160 Å². The fourth-order valence-electron chi connectivity index (χ4n) is 2.73. The molecule has 0 radical (unpaired) electrons. The molecule has 142 valence electrons. The van der Waals surface area contributed by atoms with Crippen LogP contribution in [0.1, 0.15) is 27.1 Å². The number of hydrogen-bond acceptors (Lipinski definition) is 6. The highest BCUT2D eigenvalue weighted by Crippen LogP contribution is 2.33. The zero-order valence-electron chi connectivity index (χ0n) is 14.3. The van der Waals surface area contributed by atoms with Crippen molar-refractivity contribution in [1.82, 2.24) is 0 Å². The van der Waals surface area contributed by atoms with Gasteiger partial charge in [0.15, 0.2) is 22.2 Å². The molecule has 8 heteroatoms. The number of carbonyl (C=O) groups is 2. The third kappa shape index (κ3) is 5.17. The molecule has 0 bridgehead atoms. The highest BCUT2D eigenvalue weighted by molar-refractivity contribution is 8.02. The third-order valence-electron chi connectivity index (χ3n) is 4.07. The van der Waals surface area contributed by atoms with Crippen LogP contribution in [0.4, 0.5) is 4.39 Å². The van der Waals surface area contributed by atoms with Crippen molar-refractivity contribution in [2.75, 3.05) is 18.1 Å². The van der Waals surface area contributed by atoms with Crippen LogP contribution >= 0.6 is 11.8 Å². The summed E-state index contributed by atoms with van der Waals surface area (Å²) < 4.78 is 41.5. The Bertz CT molecular complexity index is 972. The summed E-state index contributed by atoms with van der Waals surface area (Å²) in [6.45, 7) is -0.501. The van der Waals surface area contributed by atoms with E-state index in [1.807, 2.05) is 0 Å². The van der Waals surface area contributed by atoms with Gasteiger partial charge in [0.1, 0.15) is 5.82 Å². The van der Waals surface area contributed by atoms with E-state index in [0.717, 1.165) is 6.07 Å². The predicted molar refractivity (Wildman–Crippen MR) is 100 cm³/mol. The van der Waals surface area contributed by atoms with Gasteiger partial charge < -0.3 is 4.74 Å². The Hall–Kier alpha value is -2.19. The molecule has 0 amide bonds. The summed E-state index contributed by atoms with van der Waals surface area (Å²) in [7, 11) is -3.02. The average molecular weight is 408 g/mol. The molecule has 0 aliphatic carbocycles. The summed E-state index contributed by atoms with van der Waals surface area (Å²) >= 11 is 1.33. The lowest BCUT2D eigenvalue weighted by molar-refractivity contribution is 0.0471. The van der Waals surface area contributed by atoms with Crippen molar-refractivity contribution >= 4 is 33.4 Å². The number of hydrogen-bond donors (Lipinski definition) is 0. The number of Topliss-reactive ketones (excluding diaryl/α,β-unsaturated/α-hetero) is 1. The van der Waals surface area contributed by atoms with E-state index < -0.39 is 34.0 Å². The zero-order chi connectivity index (χ0) is 19.4. The second-order valence-electron chi connectivity index (χ2n) is 6.15. The van der Waals surface area contributed by atoms with Gasteiger partial charge >= 0.3 is 5.97 Å². The lowest BCUT2D eigenvalue weighted by Gasteiger charge is -2.12. The molecule has 5 nitrogen and oxygen atoms in total. The van der Waals surface area contributed by atoms with Crippen LogP contribution < -0.4 is 0 Å². The number of ketones is 1. The molecule has 1 saturated heterocycles. The van der Waals surface area contributed by atoms with Crippen molar-refractivity contribution in [2.45, 2.75) is 16.6 Å². The normalized spacial score (nSPS) is 18.2. The monoisotopic (exact) mass is 408 g/mol. The molecule has 1 fully saturated rings.